The maximum atomic E-state index is 13.8. The second-order valence-electron chi connectivity index (χ2n) is 9.57. The van der Waals surface area contributed by atoms with Crippen molar-refractivity contribution < 1.29 is 19.0 Å². The number of methoxy groups -OCH3 is 1. The van der Waals surface area contributed by atoms with Crippen LogP contribution in [0.1, 0.15) is 50.3 Å². The molecule has 4 aromatic rings. The minimum Gasteiger partial charge on any atom is -0.494 e. The first-order valence-corrected chi connectivity index (χ1v) is 13.8. The van der Waals surface area contributed by atoms with E-state index in [1.165, 1.54) is 18.0 Å². The number of fused-ring (bicyclic) bond motifs is 1. The average molecular weight is 607 g/mol. The lowest BCUT2D eigenvalue weighted by atomic mass is 9.96. The molecule has 0 bridgehead atoms. The number of carbonyl (C=O) groups is 1. The van der Waals surface area contributed by atoms with Crippen LogP contribution >= 0.6 is 15.9 Å². The van der Waals surface area contributed by atoms with Gasteiger partial charge in [0.15, 0.2) is 11.9 Å². The van der Waals surface area contributed by atoms with Gasteiger partial charge >= 0.3 is 5.97 Å². The summed E-state index contributed by atoms with van der Waals surface area (Å²) < 4.78 is 18.6. The van der Waals surface area contributed by atoms with E-state index in [2.05, 4.69) is 34.9 Å². The molecule has 8 nitrogen and oxygen atoms in total. The molecular weight excluding hydrogens is 574 g/mol. The predicted molar refractivity (Wildman–Crippen MR) is 161 cm³/mol. The Morgan fingerprint density at radius 3 is 2.55 bits per heavy atom. The molecule has 9 heteroatoms. The fourth-order valence-corrected chi connectivity index (χ4v) is 4.71. The van der Waals surface area contributed by atoms with Crippen molar-refractivity contribution in [3.63, 3.8) is 0 Å². The van der Waals surface area contributed by atoms with E-state index in [1.807, 2.05) is 38.1 Å². The minimum atomic E-state index is -0.833. The van der Waals surface area contributed by atoms with Gasteiger partial charge in [0.2, 0.25) is 0 Å². The molecule has 0 fully saturated rings. The van der Waals surface area contributed by atoms with Gasteiger partial charge in [0.05, 0.1) is 30.8 Å². The Balaban J connectivity index is 1.92. The third kappa shape index (κ3) is 6.09. The summed E-state index contributed by atoms with van der Waals surface area (Å²) >= 11 is 3.48. The summed E-state index contributed by atoms with van der Waals surface area (Å²) in [5, 5.41) is 5.06. The molecule has 0 unspecified atom stereocenters. The number of ether oxygens (including phenoxy) is 3. The first kappa shape index (κ1) is 29.0. The van der Waals surface area contributed by atoms with Crippen molar-refractivity contribution in [2.75, 3.05) is 13.7 Å². The van der Waals surface area contributed by atoms with Crippen molar-refractivity contribution >= 4 is 39.0 Å². The van der Waals surface area contributed by atoms with Crippen LogP contribution in [0.4, 0.5) is 0 Å². The molecule has 0 N–H and O–H groups in total. The summed E-state index contributed by atoms with van der Waals surface area (Å²) in [6.45, 7) is 10.3. The van der Waals surface area contributed by atoms with Crippen molar-refractivity contribution in [3.8, 4) is 22.9 Å². The van der Waals surface area contributed by atoms with E-state index in [9.17, 15) is 9.59 Å². The monoisotopic (exact) mass is 605 g/mol. The van der Waals surface area contributed by atoms with Gasteiger partial charge in [-0.3, -0.25) is 4.79 Å². The van der Waals surface area contributed by atoms with Crippen LogP contribution in [0.15, 0.2) is 69.0 Å². The highest BCUT2D eigenvalue weighted by molar-refractivity contribution is 9.10. The number of rotatable bonds is 9. The Kier molecular flexibility index (Phi) is 9.04. The Hall–Kier alpha value is -3.98. The van der Waals surface area contributed by atoms with Crippen LogP contribution in [0.25, 0.3) is 22.3 Å². The number of hydrogen-bond acceptors (Lipinski definition) is 7. The number of halogens is 1. The molecule has 3 aromatic carbocycles. The first-order chi connectivity index (χ1) is 19.1. The third-order valence-corrected chi connectivity index (χ3v) is 6.89. The van der Waals surface area contributed by atoms with Gasteiger partial charge in [0.25, 0.3) is 5.56 Å². The molecule has 0 spiro atoms. The molecule has 1 atom stereocenters. The van der Waals surface area contributed by atoms with E-state index in [0.717, 1.165) is 26.9 Å². The molecule has 1 heterocycles. The second kappa shape index (κ2) is 12.5. The maximum absolute atomic E-state index is 13.8. The number of carbonyl (C=O) groups excluding carboxylic acids is 1. The summed E-state index contributed by atoms with van der Waals surface area (Å²) in [7, 11) is 1.31. The molecule has 0 aliphatic heterocycles. The molecule has 0 aliphatic rings. The quantitative estimate of drug-likeness (QED) is 0.160. The van der Waals surface area contributed by atoms with Crippen molar-refractivity contribution in [1.29, 1.82) is 0 Å². The fraction of sp³-hybridized carbons (Fsp3) is 0.290. The van der Waals surface area contributed by atoms with Crippen molar-refractivity contribution in [2.24, 2.45) is 5.10 Å². The van der Waals surface area contributed by atoms with Crippen molar-refractivity contribution in [3.05, 3.63) is 86.1 Å². The highest BCUT2D eigenvalue weighted by Gasteiger charge is 2.20. The van der Waals surface area contributed by atoms with Gasteiger partial charge < -0.3 is 14.2 Å². The largest absolute Gasteiger partial charge is 0.494 e. The van der Waals surface area contributed by atoms with Crippen molar-refractivity contribution in [1.82, 2.24) is 9.66 Å². The zero-order chi connectivity index (χ0) is 29.0. The van der Waals surface area contributed by atoms with Crippen molar-refractivity contribution in [2.45, 2.75) is 46.6 Å². The molecule has 1 aromatic heterocycles. The number of esters is 1. The Morgan fingerprint density at radius 2 is 1.85 bits per heavy atom. The van der Waals surface area contributed by atoms with E-state index < -0.39 is 12.1 Å². The first-order valence-electron chi connectivity index (χ1n) is 13.0. The molecule has 208 valence electrons. The Morgan fingerprint density at radius 1 is 1.10 bits per heavy atom. The number of benzene rings is 3. The van der Waals surface area contributed by atoms with E-state index in [1.54, 1.807) is 37.3 Å². The van der Waals surface area contributed by atoms with Crippen LogP contribution in [-0.2, 0) is 9.53 Å². The Bertz CT molecular complexity index is 1640. The number of aryl methyl sites for hydroxylation is 1. The summed E-state index contributed by atoms with van der Waals surface area (Å²) in [5.41, 5.74) is 3.51. The molecule has 0 amide bonds. The summed E-state index contributed by atoms with van der Waals surface area (Å²) in [6.07, 6.45) is 0.693. The van der Waals surface area contributed by atoms with Crippen LogP contribution < -0.4 is 15.0 Å². The molecule has 0 radical (unpaired) electrons. The summed E-state index contributed by atoms with van der Waals surface area (Å²) in [4.78, 5) is 30.6. The molecule has 0 saturated carbocycles. The molecule has 0 saturated heterocycles. The second-order valence-corrected chi connectivity index (χ2v) is 10.5. The van der Waals surface area contributed by atoms with E-state index in [0.29, 0.717) is 34.6 Å². The van der Waals surface area contributed by atoms with Gasteiger partial charge in [-0.15, -0.1) is 0 Å². The van der Waals surface area contributed by atoms with Crippen LogP contribution in [0.3, 0.4) is 0 Å². The highest BCUT2D eigenvalue weighted by atomic mass is 79.9. The minimum absolute atomic E-state index is 0.184. The summed E-state index contributed by atoms with van der Waals surface area (Å²) in [5.74, 6) is 1.31. The number of nitrogens with zero attached hydrogens (tertiary/aromatic N) is 3. The number of para-hydroxylation sites is 1. The zero-order valence-electron chi connectivity index (χ0n) is 23.4. The number of hydrogen-bond donors (Lipinski definition) is 0. The zero-order valence-corrected chi connectivity index (χ0v) is 25.0. The lowest BCUT2D eigenvalue weighted by Gasteiger charge is -2.18. The standard InChI is InChI=1S/C31H32BrN3O5/c1-7-39-28-14-19(4)25(16-24(28)18(2)3)29-34-26-11-9-8-10-23(26)30(36)35(29)33-17-21-15-22(32)12-13-27(21)40-20(5)31(37)38-6/h8-18,20H,7H2,1-6H3/t20-/m0/s1. The Labute approximate surface area is 241 Å². The van der Waals surface area contributed by atoms with Gasteiger partial charge in [0.1, 0.15) is 11.5 Å². The smallest absolute Gasteiger partial charge is 0.346 e. The van der Waals surface area contributed by atoms with Crippen LogP contribution in [0, 0.1) is 6.92 Å². The molecule has 0 aliphatic carbocycles. The van der Waals surface area contributed by atoms with Crippen LogP contribution in [-0.4, -0.2) is 41.7 Å². The highest BCUT2D eigenvalue weighted by Crippen LogP contribution is 2.34. The van der Waals surface area contributed by atoms with Gasteiger partial charge in [-0.1, -0.05) is 41.9 Å². The predicted octanol–water partition coefficient (Wildman–Crippen LogP) is 6.48. The number of aromatic nitrogens is 2. The topological polar surface area (TPSA) is 92.0 Å². The SMILES string of the molecule is CCOc1cc(C)c(-c2nc3ccccc3c(=O)n2N=Cc2cc(Br)ccc2O[C@@H](C)C(=O)OC)cc1C(C)C. The summed E-state index contributed by atoms with van der Waals surface area (Å²) in [6, 6.07) is 16.5. The van der Waals surface area contributed by atoms with E-state index in [4.69, 9.17) is 19.2 Å². The average Bonchev–Trinajstić information content (AvgIpc) is 2.93. The third-order valence-electron chi connectivity index (χ3n) is 6.39. The van der Waals surface area contributed by atoms with E-state index >= 15 is 0 Å². The fourth-order valence-electron chi connectivity index (χ4n) is 4.33. The lowest BCUT2D eigenvalue weighted by Crippen LogP contribution is -2.25. The van der Waals surface area contributed by atoms with Gasteiger partial charge in [0, 0.05) is 15.6 Å². The van der Waals surface area contributed by atoms with Gasteiger partial charge in [-0.2, -0.15) is 9.78 Å². The maximum Gasteiger partial charge on any atom is 0.346 e. The van der Waals surface area contributed by atoms with Gasteiger partial charge in [-0.25, -0.2) is 9.78 Å². The molecule has 4 rings (SSSR count). The lowest BCUT2D eigenvalue weighted by molar-refractivity contribution is -0.147. The van der Waals surface area contributed by atoms with E-state index in [-0.39, 0.29) is 11.5 Å². The van der Waals surface area contributed by atoms with Crippen LogP contribution in [0.2, 0.25) is 0 Å². The molecule has 40 heavy (non-hydrogen) atoms. The van der Waals surface area contributed by atoms with Gasteiger partial charge in [-0.05, 0) is 80.3 Å². The van der Waals surface area contributed by atoms with Crippen LogP contribution in [0.5, 0.6) is 11.5 Å². The normalized spacial score (nSPS) is 12.2. The molecular formula is C31H32BrN3O5.